The highest BCUT2D eigenvalue weighted by molar-refractivity contribution is 4.70. The van der Waals surface area contributed by atoms with Crippen LogP contribution in [0.15, 0.2) is 0 Å². The van der Waals surface area contributed by atoms with E-state index in [-0.39, 0.29) is 0 Å². The minimum atomic E-state index is -0.448. The van der Waals surface area contributed by atoms with Gasteiger partial charge in [-0.15, -0.1) is 0 Å². The van der Waals surface area contributed by atoms with Gasteiger partial charge in [0, 0.05) is 39.3 Å². The molecule has 0 fully saturated rings. The fraction of sp³-hybridized carbons (Fsp3) is 1.00. The first kappa shape index (κ1) is 19.8. The molecule has 6 nitrogen and oxygen atoms in total. The molecule has 0 aliphatic heterocycles. The van der Waals surface area contributed by atoms with E-state index in [0.29, 0.717) is 39.3 Å². The lowest BCUT2D eigenvalue weighted by atomic mass is 10.2. The molecule has 0 bridgehead atoms. The van der Waals surface area contributed by atoms with E-state index in [1.54, 1.807) is 27.7 Å². The summed E-state index contributed by atoms with van der Waals surface area (Å²) >= 11 is 0. The van der Waals surface area contributed by atoms with Crippen LogP contribution in [0.5, 0.6) is 0 Å². The van der Waals surface area contributed by atoms with Gasteiger partial charge in [0.15, 0.2) is 0 Å². The summed E-state index contributed by atoms with van der Waals surface area (Å²) in [5, 5.41) is 37.9. The SMILES string of the molecule is C[C@H](O)CN(CCN(C[C@H](C)O)C[C@H](C)O)C[C@H](C)O. The van der Waals surface area contributed by atoms with Crippen molar-refractivity contribution in [2.24, 2.45) is 0 Å². The van der Waals surface area contributed by atoms with Crippen LogP contribution < -0.4 is 0 Å². The van der Waals surface area contributed by atoms with Crippen molar-refractivity contribution >= 4 is 0 Å². The van der Waals surface area contributed by atoms with Crippen molar-refractivity contribution in [3.63, 3.8) is 0 Å². The van der Waals surface area contributed by atoms with Crippen LogP contribution in [0.1, 0.15) is 27.7 Å². The highest BCUT2D eigenvalue weighted by Gasteiger charge is 2.15. The molecule has 0 heterocycles. The molecular weight excluding hydrogens is 260 g/mol. The van der Waals surface area contributed by atoms with Gasteiger partial charge >= 0.3 is 0 Å². The van der Waals surface area contributed by atoms with Crippen LogP contribution >= 0.6 is 0 Å². The van der Waals surface area contributed by atoms with E-state index in [1.807, 2.05) is 9.80 Å². The predicted molar refractivity (Wildman–Crippen MR) is 79.6 cm³/mol. The van der Waals surface area contributed by atoms with Crippen LogP contribution in [0.4, 0.5) is 0 Å². The summed E-state index contributed by atoms with van der Waals surface area (Å²) < 4.78 is 0. The quantitative estimate of drug-likeness (QED) is 0.395. The highest BCUT2D eigenvalue weighted by Crippen LogP contribution is 2.00. The zero-order chi connectivity index (χ0) is 15.7. The molecule has 4 atom stereocenters. The minimum Gasteiger partial charge on any atom is -0.392 e. The van der Waals surface area contributed by atoms with Crippen LogP contribution in [0.2, 0.25) is 0 Å². The van der Waals surface area contributed by atoms with Crippen molar-refractivity contribution in [3.05, 3.63) is 0 Å². The second-order valence-electron chi connectivity index (χ2n) is 5.92. The third-order valence-corrected chi connectivity index (χ3v) is 2.82. The third kappa shape index (κ3) is 11.6. The van der Waals surface area contributed by atoms with Crippen LogP contribution in [0.3, 0.4) is 0 Å². The summed E-state index contributed by atoms with van der Waals surface area (Å²) in [6.45, 7) is 10.2. The van der Waals surface area contributed by atoms with Crippen LogP contribution in [-0.2, 0) is 0 Å². The lowest BCUT2D eigenvalue weighted by molar-refractivity contribution is 0.0542. The van der Waals surface area contributed by atoms with E-state index in [9.17, 15) is 20.4 Å². The first-order chi connectivity index (χ1) is 9.20. The normalized spacial score (nSPS) is 18.3. The first-order valence-electron chi connectivity index (χ1n) is 7.37. The molecule has 4 N–H and O–H groups in total. The lowest BCUT2D eigenvalue weighted by Gasteiger charge is -2.30. The molecule has 0 amide bonds. The Morgan fingerprint density at radius 1 is 0.550 bits per heavy atom. The minimum absolute atomic E-state index is 0.448. The smallest absolute Gasteiger partial charge is 0.0639 e. The summed E-state index contributed by atoms with van der Waals surface area (Å²) in [6, 6.07) is 0. The Morgan fingerprint density at radius 2 is 0.750 bits per heavy atom. The second-order valence-corrected chi connectivity index (χ2v) is 5.92. The van der Waals surface area contributed by atoms with Gasteiger partial charge < -0.3 is 20.4 Å². The summed E-state index contributed by atoms with van der Waals surface area (Å²) in [5.74, 6) is 0. The molecule has 0 aliphatic rings. The van der Waals surface area contributed by atoms with Gasteiger partial charge in [0.05, 0.1) is 24.4 Å². The molecule has 0 radical (unpaired) electrons. The number of aliphatic hydroxyl groups excluding tert-OH is 4. The van der Waals surface area contributed by atoms with Crippen molar-refractivity contribution in [2.75, 3.05) is 39.3 Å². The Kier molecular flexibility index (Phi) is 10.4. The Morgan fingerprint density at radius 3 is 0.900 bits per heavy atom. The molecule has 0 spiro atoms. The summed E-state index contributed by atoms with van der Waals surface area (Å²) in [7, 11) is 0. The standard InChI is InChI=1S/C14H32N2O4/c1-11(17)7-15(8-12(2)18)5-6-16(9-13(3)19)10-14(4)20/h11-14,17-20H,5-10H2,1-4H3/t11-,12-,13-,14-/m0/s1. The van der Waals surface area contributed by atoms with Crippen molar-refractivity contribution in [1.29, 1.82) is 0 Å². The maximum atomic E-state index is 9.47. The van der Waals surface area contributed by atoms with Crippen LogP contribution in [0, 0.1) is 0 Å². The largest absolute Gasteiger partial charge is 0.392 e. The van der Waals surface area contributed by atoms with Gasteiger partial charge in [-0.05, 0) is 27.7 Å². The fourth-order valence-corrected chi connectivity index (χ4v) is 2.29. The third-order valence-electron chi connectivity index (χ3n) is 2.82. The Labute approximate surface area is 122 Å². The lowest BCUT2D eigenvalue weighted by Crippen LogP contribution is -2.44. The zero-order valence-electron chi connectivity index (χ0n) is 13.2. The average molecular weight is 292 g/mol. The zero-order valence-corrected chi connectivity index (χ0v) is 13.2. The number of rotatable bonds is 11. The van der Waals surface area contributed by atoms with Gasteiger partial charge in [-0.25, -0.2) is 0 Å². The maximum Gasteiger partial charge on any atom is 0.0639 e. The predicted octanol–water partition coefficient (Wildman–Crippen LogP) is -0.886. The molecule has 6 heteroatoms. The summed E-state index contributed by atoms with van der Waals surface area (Å²) in [6.07, 6.45) is -1.79. The Balaban J connectivity index is 4.35. The van der Waals surface area contributed by atoms with Gasteiger partial charge in [0.25, 0.3) is 0 Å². The van der Waals surface area contributed by atoms with Crippen molar-refractivity contribution in [2.45, 2.75) is 52.1 Å². The molecule has 0 aromatic carbocycles. The monoisotopic (exact) mass is 292 g/mol. The van der Waals surface area contributed by atoms with Gasteiger partial charge in [-0.2, -0.15) is 0 Å². The molecule has 0 aromatic rings. The maximum absolute atomic E-state index is 9.47. The fourth-order valence-electron chi connectivity index (χ4n) is 2.29. The van der Waals surface area contributed by atoms with Gasteiger partial charge in [-0.3, -0.25) is 9.80 Å². The molecular formula is C14H32N2O4. The van der Waals surface area contributed by atoms with E-state index >= 15 is 0 Å². The van der Waals surface area contributed by atoms with Gasteiger partial charge in [0.1, 0.15) is 0 Å². The van der Waals surface area contributed by atoms with E-state index in [1.165, 1.54) is 0 Å². The molecule has 0 saturated carbocycles. The van der Waals surface area contributed by atoms with Crippen molar-refractivity contribution < 1.29 is 20.4 Å². The van der Waals surface area contributed by atoms with E-state index in [4.69, 9.17) is 0 Å². The van der Waals surface area contributed by atoms with Crippen molar-refractivity contribution in [3.8, 4) is 0 Å². The number of hydrogen-bond donors (Lipinski definition) is 4. The van der Waals surface area contributed by atoms with Crippen LogP contribution in [0.25, 0.3) is 0 Å². The summed E-state index contributed by atoms with van der Waals surface area (Å²) in [4.78, 5) is 3.98. The summed E-state index contributed by atoms with van der Waals surface area (Å²) in [5.41, 5.74) is 0. The molecule has 0 unspecified atom stereocenters. The average Bonchev–Trinajstić information content (AvgIpc) is 2.22. The first-order valence-corrected chi connectivity index (χ1v) is 7.37. The van der Waals surface area contributed by atoms with E-state index in [0.717, 1.165) is 0 Å². The van der Waals surface area contributed by atoms with E-state index in [2.05, 4.69) is 0 Å². The van der Waals surface area contributed by atoms with Crippen LogP contribution in [-0.4, -0.2) is 93.9 Å². The topological polar surface area (TPSA) is 87.4 Å². The Bertz CT molecular complexity index is 191. The molecule has 0 aliphatic carbocycles. The number of aliphatic hydroxyl groups is 4. The van der Waals surface area contributed by atoms with E-state index < -0.39 is 24.4 Å². The van der Waals surface area contributed by atoms with Gasteiger partial charge in [0.2, 0.25) is 0 Å². The molecule has 0 aromatic heterocycles. The highest BCUT2D eigenvalue weighted by atomic mass is 16.3. The molecule has 122 valence electrons. The number of hydrogen-bond acceptors (Lipinski definition) is 6. The molecule has 20 heavy (non-hydrogen) atoms. The second kappa shape index (κ2) is 10.5. The molecule has 0 saturated heterocycles. The van der Waals surface area contributed by atoms with Crippen molar-refractivity contribution in [1.82, 2.24) is 9.80 Å². The molecule has 0 rings (SSSR count). The number of nitrogens with zero attached hydrogens (tertiary/aromatic N) is 2. The Hall–Kier alpha value is -0.240. The van der Waals surface area contributed by atoms with Gasteiger partial charge in [-0.1, -0.05) is 0 Å².